The van der Waals surface area contributed by atoms with Crippen molar-refractivity contribution in [3.63, 3.8) is 0 Å². The number of nitrogens with zero attached hydrogens (tertiary/aromatic N) is 2. The number of carbonyl (C=O) groups is 4. The Kier molecular flexibility index (Phi) is 7.74. The number of carboxylic acid groups (broad SMARTS) is 1. The molecular weight excluding hydrogens is 382 g/mol. The van der Waals surface area contributed by atoms with Gasteiger partial charge in [0.1, 0.15) is 18.1 Å². The summed E-state index contributed by atoms with van der Waals surface area (Å²) in [6.45, 7) is 6.30. The molecule has 0 radical (unpaired) electrons. The van der Waals surface area contributed by atoms with Gasteiger partial charge in [-0.15, -0.1) is 0 Å². The van der Waals surface area contributed by atoms with E-state index in [1.807, 2.05) is 13.8 Å². The lowest BCUT2D eigenvalue weighted by Gasteiger charge is -2.32. The topological polar surface area (TPSA) is 107 Å². The number of carbonyl (C=O) groups excluding carboxylic acids is 3. The van der Waals surface area contributed by atoms with Gasteiger partial charge in [-0.25, -0.2) is 4.79 Å². The molecule has 2 fully saturated rings. The maximum Gasteiger partial charge on any atom is 0.326 e. The Hall–Kier alpha value is -1.77. The van der Waals surface area contributed by atoms with Gasteiger partial charge in [-0.2, -0.15) is 12.6 Å². The maximum atomic E-state index is 13.0. The summed E-state index contributed by atoms with van der Waals surface area (Å²) in [6.07, 6.45) is 2.34. The second kappa shape index (κ2) is 9.62. The molecule has 2 aliphatic rings. The van der Waals surface area contributed by atoms with Gasteiger partial charge < -0.3 is 20.2 Å². The molecule has 1 unspecified atom stereocenters. The Morgan fingerprint density at radius 1 is 1.00 bits per heavy atom. The molecule has 8 nitrogen and oxygen atoms in total. The largest absolute Gasteiger partial charge is 0.480 e. The number of rotatable bonds is 7. The van der Waals surface area contributed by atoms with E-state index < -0.39 is 24.1 Å². The van der Waals surface area contributed by atoms with Crippen LogP contribution in [0, 0.1) is 11.8 Å². The number of amides is 3. The van der Waals surface area contributed by atoms with Crippen molar-refractivity contribution in [1.82, 2.24) is 15.1 Å². The van der Waals surface area contributed by atoms with Gasteiger partial charge in [0, 0.05) is 24.8 Å². The minimum atomic E-state index is -1.02. The predicted octanol–water partition coefficient (Wildman–Crippen LogP) is 0.760. The fourth-order valence-electron chi connectivity index (χ4n) is 3.89. The van der Waals surface area contributed by atoms with Gasteiger partial charge in [-0.3, -0.25) is 14.4 Å². The Labute approximate surface area is 171 Å². The number of thiol groups is 1. The molecule has 0 aromatic rings. The highest BCUT2D eigenvalue weighted by atomic mass is 32.1. The van der Waals surface area contributed by atoms with Crippen LogP contribution >= 0.6 is 12.6 Å². The molecule has 0 saturated carbocycles. The van der Waals surface area contributed by atoms with Crippen molar-refractivity contribution in [3.05, 3.63) is 0 Å². The van der Waals surface area contributed by atoms with E-state index in [0.29, 0.717) is 38.1 Å². The Morgan fingerprint density at radius 2 is 1.54 bits per heavy atom. The number of hydrogen-bond donors (Lipinski definition) is 3. The summed E-state index contributed by atoms with van der Waals surface area (Å²) in [7, 11) is 0. The van der Waals surface area contributed by atoms with E-state index in [9.17, 15) is 24.3 Å². The Balaban J connectivity index is 2.11. The van der Waals surface area contributed by atoms with Gasteiger partial charge in [-0.1, -0.05) is 20.8 Å². The third-order valence-electron chi connectivity index (χ3n) is 5.59. The fourth-order valence-corrected chi connectivity index (χ4v) is 4.05. The number of nitrogens with one attached hydrogen (secondary N) is 1. The molecule has 0 aromatic heterocycles. The van der Waals surface area contributed by atoms with Crippen LogP contribution in [0.4, 0.5) is 0 Å². The zero-order chi connectivity index (χ0) is 21.0. The number of carboxylic acids is 1. The third kappa shape index (κ3) is 4.79. The first kappa shape index (κ1) is 22.5. The lowest BCUT2D eigenvalue weighted by atomic mass is 10.0. The van der Waals surface area contributed by atoms with Crippen molar-refractivity contribution in [2.75, 3.05) is 18.8 Å². The highest BCUT2D eigenvalue weighted by Gasteiger charge is 2.41. The molecule has 9 heteroatoms. The monoisotopic (exact) mass is 413 g/mol. The molecule has 28 heavy (non-hydrogen) atoms. The molecular formula is C19H31N3O5S. The van der Waals surface area contributed by atoms with Crippen LogP contribution in [-0.2, 0) is 19.2 Å². The summed E-state index contributed by atoms with van der Waals surface area (Å²) in [4.78, 5) is 52.8. The third-order valence-corrected chi connectivity index (χ3v) is 6.13. The molecule has 0 aliphatic carbocycles. The number of hydrogen-bond acceptors (Lipinski definition) is 5. The SMILES string of the molecule is CC(CS)C(=O)N1CCC[C@@H]1C(=O)N[C@H](C(=O)N1CCC[C@H]1C(=O)O)C(C)C. The highest BCUT2D eigenvalue weighted by molar-refractivity contribution is 7.80. The van der Waals surface area contributed by atoms with E-state index in [0.717, 1.165) is 6.42 Å². The van der Waals surface area contributed by atoms with Crippen LogP contribution in [0.5, 0.6) is 0 Å². The fraction of sp³-hybridized carbons (Fsp3) is 0.789. The zero-order valence-electron chi connectivity index (χ0n) is 16.8. The smallest absolute Gasteiger partial charge is 0.326 e. The van der Waals surface area contributed by atoms with E-state index in [2.05, 4.69) is 17.9 Å². The van der Waals surface area contributed by atoms with Crippen LogP contribution in [0.25, 0.3) is 0 Å². The molecule has 4 atom stereocenters. The van der Waals surface area contributed by atoms with Crippen LogP contribution in [-0.4, -0.2) is 75.6 Å². The van der Waals surface area contributed by atoms with E-state index in [1.165, 1.54) is 4.90 Å². The van der Waals surface area contributed by atoms with E-state index in [-0.39, 0.29) is 29.6 Å². The summed E-state index contributed by atoms with van der Waals surface area (Å²) < 4.78 is 0. The average molecular weight is 414 g/mol. The van der Waals surface area contributed by atoms with Crippen molar-refractivity contribution in [1.29, 1.82) is 0 Å². The summed E-state index contributed by atoms with van der Waals surface area (Å²) in [5.41, 5.74) is 0. The van der Waals surface area contributed by atoms with Gasteiger partial charge in [0.25, 0.3) is 0 Å². The maximum absolute atomic E-state index is 13.0. The second-order valence-electron chi connectivity index (χ2n) is 8.03. The number of aliphatic carboxylic acids is 1. The van der Waals surface area contributed by atoms with E-state index in [4.69, 9.17) is 0 Å². The minimum Gasteiger partial charge on any atom is -0.480 e. The van der Waals surface area contributed by atoms with E-state index in [1.54, 1.807) is 11.8 Å². The molecule has 3 amide bonds. The molecule has 158 valence electrons. The minimum absolute atomic E-state index is 0.106. The molecule has 0 bridgehead atoms. The average Bonchev–Trinajstić information content (AvgIpc) is 3.33. The molecule has 2 aliphatic heterocycles. The quantitative estimate of drug-likeness (QED) is 0.534. The van der Waals surface area contributed by atoms with Crippen LogP contribution in [0.1, 0.15) is 46.5 Å². The van der Waals surface area contributed by atoms with Gasteiger partial charge in [0.05, 0.1) is 0 Å². The first-order valence-corrected chi connectivity index (χ1v) is 10.6. The second-order valence-corrected chi connectivity index (χ2v) is 8.40. The predicted molar refractivity (Wildman–Crippen MR) is 107 cm³/mol. The Morgan fingerprint density at radius 3 is 2.04 bits per heavy atom. The van der Waals surface area contributed by atoms with E-state index >= 15 is 0 Å². The summed E-state index contributed by atoms with van der Waals surface area (Å²) in [5.74, 6) is -1.92. The van der Waals surface area contributed by atoms with Gasteiger partial charge in [-0.05, 0) is 31.6 Å². The van der Waals surface area contributed by atoms with Gasteiger partial charge in [0.2, 0.25) is 17.7 Å². The van der Waals surface area contributed by atoms with Crippen molar-refractivity contribution < 1.29 is 24.3 Å². The summed E-state index contributed by atoms with van der Waals surface area (Å²) >= 11 is 4.17. The molecule has 0 spiro atoms. The number of likely N-dealkylation sites (tertiary alicyclic amines) is 2. The van der Waals surface area contributed by atoms with Gasteiger partial charge >= 0.3 is 5.97 Å². The first-order valence-electron chi connectivity index (χ1n) is 9.94. The molecule has 2 heterocycles. The molecule has 2 N–H and O–H groups in total. The Bertz CT molecular complexity index is 627. The van der Waals surface area contributed by atoms with Crippen LogP contribution in [0.2, 0.25) is 0 Å². The van der Waals surface area contributed by atoms with Crippen LogP contribution in [0.3, 0.4) is 0 Å². The van der Waals surface area contributed by atoms with Crippen molar-refractivity contribution >= 4 is 36.3 Å². The zero-order valence-corrected chi connectivity index (χ0v) is 17.7. The summed E-state index contributed by atoms with van der Waals surface area (Å²) in [6, 6.07) is -2.25. The molecule has 0 aromatic carbocycles. The lowest BCUT2D eigenvalue weighted by Crippen LogP contribution is -2.57. The van der Waals surface area contributed by atoms with Crippen molar-refractivity contribution in [3.8, 4) is 0 Å². The van der Waals surface area contributed by atoms with Crippen LogP contribution in [0.15, 0.2) is 0 Å². The lowest BCUT2D eigenvalue weighted by molar-refractivity contribution is -0.150. The molecule has 2 rings (SSSR count). The first-order chi connectivity index (χ1) is 13.2. The molecule has 2 saturated heterocycles. The highest BCUT2D eigenvalue weighted by Crippen LogP contribution is 2.23. The normalized spacial score (nSPS) is 24.3. The van der Waals surface area contributed by atoms with Crippen molar-refractivity contribution in [2.45, 2.75) is 64.6 Å². The van der Waals surface area contributed by atoms with Gasteiger partial charge in [0.15, 0.2) is 0 Å². The summed E-state index contributed by atoms with van der Waals surface area (Å²) in [5, 5.41) is 12.1. The van der Waals surface area contributed by atoms with Crippen molar-refractivity contribution in [2.24, 2.45) is 11.8 Å². The standard InChI is InChI=1S/C19H31N3O5S/c1-11(2)15(18(25)22-9-5-7-14(22)19(26)27)20-16(23)13-6-4-8-21(13)17(24)12(3)10-28/h11-15,28H,4-10H2,1-3H3,(H,20,23)(H,26,27)/t12?,13-,14+,15+/m1/s1. The van der Waals surface area contributed by atoms with Crippen LogP contribution < -0.4 is 5.32 Å².